The highest BCUT2D eigenvalue weighted by Crippen LogP contribution is 2.23. The predicted molar refractivity (Wildman–Crippen MR) is 61.6 cm³/mol. The van der Waals surface area contributed by atoms with E-state index in [4.69, 9.17) is 5.73 Å². The molecular formula is C12H12N2O. The van der Waals surface area contributed by atoms with Crippen molar-refractivity contribution in [2.24, 2.45) is 0 Å². The lowest BCUT2D eigenvalue weighted by atomic mass is 10.0. The van der Waals surface area contributed by atoms with Crippen molar-refractivity contribution in [3.05, 3.63) is 52.4 Å². The Balaban J connectivity index is 2.63. The maximum atomic E-state index is 11.2. The van der Waals surface area contributed by atoms with E-state index in [1.54, 1.807) is 12.3 Å². The number of aryl methyl sites for hydroxylation is 1. The summed E-state index contributed by atoms with van der Waals surface area (Å²) in [6.45, 7) is 2.00. The first-order valence-corrected chi connectivity index (χ1v) is 4.72. The standard InChI is InChI=1S/C12H12N2O/c1-8-2-3-10(13)7-11(8)9-4-5-14-12(15)6-9/h2-7H,13H2,1H3,(H,14,15). The van der Waals surface area contributed by atoms with Gasteiger partial charge in [0, 0.05) is 18.0 Å². The average molecular weight is 200 g/mol. The van der Waals surface area contributed by atoms with Gasteiger partial charge in [-0.2, -0.15) is 0 Å². The summed E-state index contributed by atoms with van der Waals surface area (Å²) in [4.78, 5) is 13.8. The second-order valence-electron chi connectivity index (χ2n) is 3.52. The molecule has 3 N–H and O–H groups in total. The zero-order valence-electron chi connectivity index (χ0n) is 8.45. The van der Waals surface area contributed by atoms with Gasteiger partial charge in [-0.25, -0.2) is 0 Å². The zero-order valence-corrected chi connectivity index (χ0v) is 8.45. The molecule has 0 unspecified atom stereocenters. The summed E-state index contributed by atoms with van der Waals surface area (Å²) in [6.07, 6.45) is 1.64. The zero-order chi connectivity index (χ0) is 10.8. The number of aromatic amines is 1. The van der Waals surface area contributed by atoms with Crippen molar-refractivity contribution in [3.8, 4) is 11.1 Å². The SMILES string of the molecule is Cc1ccc(N)cc1-c1cc[nH]c(=O)c1. The Morgan fingerprint density at radius 3 is 2.73 bits per heavy atom. The molecule has 0 aliphatic rings. The normalized spacial score (nSPS) is 10.2. The quantitative estimate of drug-likeness (QED) is 0.691. The number of nitrogens with one attached hydrogen (secondary N) is 1. The van der Waals surface area contributed by atoms with Crippen molar-refractivity contribution in [1.29, 1.82) is 0 Å². The van der Waals surface area contributed by atoms with Gasteiger partial charge >= 0.3 is 0 Å². The van der Waals surface area contributed by atoms with E-state index in [-0.39, 0.29) is 5.56 Å². The van der Waals surface area contributed by atoms with Crippen molar-refractivity contribution in [3.63, 3.8) is 0 Å². The number of aromatic nitrogens is 1. The molecule has 2 aromatic rings. The second kappa shape index (κ2) is 3.61. The number of benzene rings is 1. The van der Waals surface area contributed by atoms with Crippen molar-refractivity contribution >= 4 is 5.69 Å². The Bertz CT molecular complexity index is 543. The average Bonchev–Trinajstić information content (AvgIpc) is 2.22. The van der Waals surface area contributed by atoms with Crippen LogP contribution in [0.2, 0.25) is 0 Å². The number of H-pyrrole nitrogens is 1. The van der Waals surface area contributed by atoms with Crippen LogP contribution in [-0.2, 0) is 0 Å². The molecule has 1 aromatic heterocycles. The Morgan fingerprint density at radius 1 is 1.20 bits per heavy atom. The van der Waals surface area contributed by atoms with Crippen molar-refractivity contribution < 1.29 is 0 Å². The summed E-state index contributed by atoms with van der Waals surface area (Å²) in [5.41, 5.74) is 9.32. The van der Waals surface area contributed by atoms with Crippen LogP contribution in [0.1, 0.15) is 5.56 Å². The number of pyridine rings is 1. The minimum atomic E-state index is -0.102. The molecule has 76 valence electrons. The van der Waals surface area contributed by atoms with Crippen molar-refractivity contribution in [1.82, 2.24) is 4.98 Å². The summed E-state index contributed by atoms with van der Waals surface area (Å²) in [7, 11) is 0. The van der Waals surface area contributed by atoms with Crippen LogP contribution < -0.4 is 11.3 Å². The van der Waals surface area contributed by atoms with E-state index in [9.17, 15) is 4.79 Å². The fraction of sp³-hybridized carbons (Fsp3) is 0.0833. The van der Waals surface area contributed by atoms with Gasteiger partial charge in [-0.1, -0.05) is 6.07 Å². The Morgan fingerprint density at radius 2 is 2.00 bits per heavy atom. The van der Waals surface area contributed by atoms with E-state index < -0.39 is 0 Å². The third kappa shape index (κ3) is 1.91. The van der Waals surface area contributed by atoms with E-state index in [0.717, 1.165) is 16.7 Å². The third-order valence-corrected chi connectivity index (χ3v) is 2.35. The maximum absolute atomic E-state index is 11.2. The summed E-state index contributed by atoms with van der Waals surface area (Å²) >= 11 is 0. The van der Waals surface area contributed by atoms with E-state index >= 15 is 0 Å². The van der Waals surface area contributed by atoms with Gasteiger partial charge < -0.3 is 10.7 Å². The molecule has 0 aliphatic carbocycles. The third-order valence-electron chi connectivity index (χ3n) is 2.35. The van der Waals surface area contributed by atoms with E-state index in [1.165, 1.54) is 0 Å². The molecule has 2 rings (SSSR count). The molecule has 0 amide bonds. The molecule has 0 bridgehead atoms. The topological polar surface area (TPSA) is 58.9 Å². The first-order valence-electron chi connectivity index (χ1n) is 4.72. The lowest BCUT2D eigenvalue weighted by molar-refractivity contribution is 1.24. The fourth-order valence-electron chi connectivity index (χ4n) is 1.56. The maximum Gasteiger partial charge on any atom is 0.248 e. The predicted octanol–water partition coefficient (Wildman–Crippen LogP) is 1.93. The van der Waals surface area contributed by atoms with Gasteiger partial charge in [0.25, 0.3) is 0 Å². The molecule has 0 atom stereocenters. The minimum Gasteiger partial charge on any atom is -0.399 e. The van der Waals surface area contributed by atoms with Crippen LogP contribution in [0.4, 0.5) is 5.69 Å². The first kappa shape index (κ1) is 9.52. The number of rotatable bonds is 1. The van der Waals surface area contributed by atoms with E-state index in [0.29, 0.717) is 5.69 Å². The van der Waals surface area contributed by atoms with Crippen LogP contribution >= 0.6 is 0 Å². The van der Waals surface area contributed by atoms with E-state index in [2.05, 4.69) is 4.98 Å². The van der Waals surface area contributed by atoms with Gasteiger partial charge in [0.05, 0.1) is 0 Å². The van der Waals surface area contributed by atoms with Crippen LogP contribution in [0.3, 0.4) is 0 Å². The molecule has 3 nitrogen and oxygen atoms in total. The van der Waals surface area contributed by atoms with Crippen LogP contribution in [0.15, 0.2) is 41.3 Å². The van der Waals surface area contributed by atoms with Crippen molar-refractivity contribution in [2.75, 3.05) is 5.73 Å². The van der Waals surface area contributed by atoms with Crippen LogP contribution in [0.25, 0.3) is 11.1 Å². The monoisotopic (exact) mass is 200 g/mol. The molecule has 0 saturated heterocycles. The van der Waals surface area contributed by atoms with Gasteiger partial charge in [-0.05, 0) is 41.8 Å². The Hall–Kier alpha value is -2.03. The molecule has 3 heteroatoms. The lowest BCUT2D eigenvalue weighted by Gasteiger charge is -2.06. The van der Waals surface area contributed by atoms with Gasteiger partial charge in [0.1, 0.15) is 0 Å². The molecule has 0 radical (unpaired) electrons. The largest absolute Gasteiger partial charge is 0.399 e. The highest BCUT2D eigenvalue weighted by Gasteiger charge is 2.02. The van der Waals surface area contributed by atoms with Gasteiger partial charge in [0.2, 0.25) is 5.56 Å². The highest BCUT2D eigenvalue weighted by atomic mass is 16.1. The Kier molecular flexibility index (Phi) is 2.29. The molecule has 0 aliphatic heterocycles. The molecule has 1 heterocycles. The van der Waals surface area contributed by atoms with E-state index in [1.807, 2.05) is 31.2 Å². The second-order valence-corrected chi connectivity index (χ2v) is 3.52. The van der Waals surface area contributed by atoms with Crippen LogP contribution in [0, 0.1) is 6.92 Å². The van der Waals surface area contributed by atoms with Gasteiger partial charge in [-0.3, -0.25) is 4.79 Å². The van der Waals surface area contributed by atoms with Gasteiger partial charge in [0.15, 0.2) is 0 Å². The van der Waals surface area contributed by atoms with Gasteiger partial charge in [-0.15, -0.1) is 0 Å². The summed E-state index contributed by atoms with van der Waals surface area (Å²) < 4.78 is 0. The number of hydrogen-bond acceptors (Lipinski definition) is 2. The summed E-state index contributed by atoms with van der Waals surface area (Å²) in [6, 6.07) is 9.12. The first-order chi connectivity index (χ1) is 7.16. The molecular weight excluding hydrogens is 188 g/mol. The highest BCUT2D eigenvalue weighted by molar-refractivity contribution is 5.70. The molecule has 0 saturated carbocycles. The van der Waals surface area contributed by atoms with Crippen LogP contribution in [0.5, 0.6) is 0 Å². The summed E-state index contributed by atoms with van der Waals surface area (Å²) in [5.74, 6) is 0. The van der Waals surface area contributed by atoms with Crippen LogP contribution in [-0.4, -0.2) is 4.98 Å². The minimum absolute atomic E-state index is 0.102. The van der Waals surface area contributed by atoms with Crippen molar-refractivity contribution in [2.45, 2.75) is 6.92 Å². The number of nitrogen functional groups attached to an aromatic ring is 1. The molecule has 15 heavy (non-hydrogen) atoms. The lowest BCUT2D eigenvalue weighted by Crippen LogP contribution is -2.02. The number of hydrogen-bond donors (Lipinski definition) is 2. The Labute approximate surface area is 87.6 Å². The smallest absolute Gasteiger partial charge is 0.248 e. The molecule has 0 fully saturated rings. The number of anilines is 1. The fourth-order valence-corrected chi connectivity index (χ4v) is 1.56. The number of nitrogens with two attached hydrogens (primary N) is 1. The molecule has 1 aromatic carbocycles. The molecule has 0 spiro atoms. The summed E-state index contributed by atoms with van der Waals surface area (Å²) in [5, 5.41) is 0.